The lowest BCUT2D eigenvalue weighted by molar-refractivity contribution is 0.0303. The molecule has 0 aromatic carbocycles. The molecule has 14 heavy (non-hydrogen) atoms. The maximum atomic E-state index is 8.56. The van der Waals surface area contributed by atoms with Gasteiger partial charge in [-0.05, 0) is 25.8 Å². The smallest absolute Gasteiger partial charge is 0.0594 e. The van der Waals surface area contributed by atoms with Crippen molar-refractivity contribution in [3.63, 3.8) is 0 Å². The van der Waals surface area contributed by atoms with E-state index in [1.165, 1.54) is 32.1 Å². The summed E-state index contributed by atoms with van der Waals surface area (Å²) in [5.41, 5.74) is 0. The summed E-state index contributed by atoms with van der Waals surface area (Å²) in [6.07, 6.45) is 7.90. The van der Waals surface area contributed by atoms with E-state index in [2.05, 4.69) is 5.32 Å². The molecule has 1 aliphatic carbocycles. The molecule has 1 saturated carbocycles. The lowest BCUT2D eigenvalue weighted by Crippen LogP contribution is -2.25. The van der Waals surface area contributed by atoms with Crippen LogP contribution in [0.3, 0.4) is 0 Å². The van der Waals surface area contributed by atoms with E-state index in [4.69, 9.17) is 9.84 Å². The van der Waals surface area contributed by atoms with Gasteiger partial charge in [0, 0.05) is 13.2 Å². The average molecular weight is 201 g/mol. The molecule has 1 fully saturated rings. The third-order valence-electron chi connectivity index (χ3n) is 2.70. The summed E-state index contributed by atoms with van der Waals surface area (Å²) >= 11 is 0. The van der Waals surface area contributed by atoms with Crippen molar-refractivity contribution in [3.8, 4) is 0 Å². The minimum absolute atomic E-state index is 0.274. The predicted molar refractivity (Wildman–Crippen MR) is 57.4 cm³/mol. The third-order valence-corrected chi connectivity index (χ3v) is 2.70. The lowest BCUT2D eigenvalue weighted by atomic mass is 9.98. The Hall–Kier alpha value is -0.120. The van der Waals surface area contributed by atoms with E-state index in [1.54, 1.807) is 0 Å². The van der Waals surface area contributed by atoms with Crippen LogP contribution in [0, 0.1) is 0 Å². The molecule has 3 heteroatoms. The first-order valence-corrected chi connectivity index (χ1v) is 5.86. The fraction of sp³-hybridized carbons (Fsp3) is 1.00. The maximum Gasteiger partial charge on any atom is 0.0594 e. The molecule has 0 amide bonds. The minimum Gasteiger partial charge on any atom is -0.396 e. The highest BCUT2D eigenvalue weighted by Gasteiger charge is 2.12. The Morgan fingerprint density at radius 2 is 1.93 bits per heavy atom. The van der Waals surface area contributed by atoms with Gasteiger partial charge in [0.15, 0.2) is 0 Å². The number of rotatable bonds is 7. The molecule has 1 aliphatic rings. The average Bonchev–Trinajstić information content (AvgIpc) is 2.25. The first-order chi connectivity index (χ1) is 6.93. The van der Waals surface area contributed by atoms with Crippen molar-refractivity contribution in [3.05, 3.63) is 0 Å². The molecule has 0 heterocycles. The number of nitrogens with one attached hydrogen (secondary N) is 1. The van der Waals surface area contributed by atoms with E-state index in [0.29, 0.717) is 6.10 Å². The fourth-order valence-electron chi connectivity index (χ4n) is 1.86. The molecule has 0 unspecified atom stereocenters. The second-order valence-electron chi connectivity index (χ2n) is 3.96. The van der Waals surface area contributed by atoms with Crippen molar-refractivity contribution < 1.29 is 9.84 Å². The topological polar surface area (TPSA) is 41.5 Å². The van der Waals surface area contributed by atoms with Gasteiger partial charge in [0.2, 0.25) is 0 Å². The summed E-state index contributed by atoms with van der Waals surface area (Å²) < 4.78 is 5.74. The number of aliphatic hydroxyl groups is 1. The monoisotopic (exact) mass is 201 g/mol. The quantitative estimate of drug-likeness (QED) is 0.610. The largest absolute Gasteiger partial charge is 0.396 e. The Kier molecular flexibility index (Phi) is 7.01. The van der Waals surface area contributed by atoms with Crippen molar-refractivity contribution in [2.75, 3.05) is 26.3 Å². The van der Waals surface area contributed by atoms with Crippen molar-refractivity contribution >= 4 is 0 Å². The number of aliphatic hydroxyl groups excluding tert-OH is 1. The normalized spacial score (nSPS) is 18.6. The number of ether oxygens (including phenoxy) is 1. The van der Waals surface area contributed by atoms with Gasteiger partial charge in [-0.15, -0.1) is 0 Å². The highest BCUT2D eigenvalue weighted by molar-refractivity contribution is 4.65. The molecule has 0 aromatic rings. The minimum atomic E-state index is 0.274. The van der Waals surface area contributed by atoms with Gasteiger partial charge >= 0.3 is 0 Å². The van der Waals surface area contributed by atoms with E-state index < -0.39 is 0 Å². The molecular formula is C11H23NO2. The molecule has 0 atom stereocenters. The molecule has 1 rings (SSSR count). The van der Waals surface area contributed by atoms with Gasteiger partial charge in [-0.2, -0.15) is 0 Å². The van der Waals surface area contributed by atoms with E-state index in [0.717, 1.165) is 26.1 Å². The summed E-state index contributed by atoms with van der Waals surface area (Å²) in [7, 11) is 0. The predicted octanol–water partition coefficient (Wildman–Crippen LogP) is 1.31. The highest BCUT2D eigenvalue weighted by Crippen LogP contribution is 2.19. The summed E-state index contributed by atoms with van der Waals surface area (Å²) in [6.45, 7) is 2.90. The van der Waals surface area contributed by atoms with Gasteiger partial charge in [0.05, 0.1) is 12.7 Å². The van der Waals surface area contributed by atoms with Crippen LogP contribution in [0.25, 0.3) is 0 Å². The molecule has 2 N–H and O–H groups in total. The van der Waals surface area contributed by atoms with Crippen LogP contribution in [0.4, 0.5) is 0 Å². The Bertz CT molecular complexity index is 124. The van der Waals surface area contributed by atoms with Crippen LogP contribution in [-0.4, -0.2) is 37.5 Å². The molecule has 0 aliphatic heterocycles. The number of hydrogen-bond acceptors (Lipinski definition) is 3. The van der Waals surface area contributed by atoms with E-state index in [-0.39, 0.29) is 6.61 Å². The Labute approximate surface area is 86.8 Å². The molecule has 0 radical (unpaired) electrons. The van der Waals surface area contributed by atoms with Gasteiger partial charge in [-0.1, -0.05) is 19.3 Å². The van der Waals surface area contributed by atoms with Crippen molar-refractivity contribution in [2.45, 2.75) is 44.6 Å². The zero-order valence-corrected chi connectivity index (χ0v) is 9.00. The van der Waals surface area contributed by atoms with Crippen LogP contribution in [0.2, 0.25) is 0 Å². The Morgan fingerprint density at radius 1 is 1.14 bits per heavy atom. The summed E-state index contributed by atoms with van der Waals surface area (Å²) in [5, 5.41) is 11.8. The van der Waals surface area contributed by atoms with Crippen LogP contribution >= 0.6 is 0 Å². The zero-order chi connectivity index (χ0) is 10.1. The van der Waals surface area contributed by atoms with Gasteiger partial charge in [0.25, 0.3) is 0 Å². The second kappa shape index (κ2) is 8.21. The Balaban J connectivity index is 1.82. The van der Waals surface area contributed by atoms with Gasteiger partial charge in [0.1, 0.15) is 0 Å². The molecule has 3 nitrogen and oxygen atoms in total. The first-order valence-electron chi connectivity index (χ1n) is 5.86. The molecule has 0 saturated heterocycles. The lowest BCUT2D eigenvalue weighted by Gasteiger charge is -2.21. The summed E-state index contributed by atoms with van der Waals surface area (Å²) in [6, 6.07) is 0. The highest BCUT2D eigenvalue weighted by atomic mass is 16.5. The molecule has 0 aromatic heterocycles. The molecule has 0 bridgehead atoms. The van der Waals surface area contributed by atoms with E-state index >= 15 is 0 Å². The van der Waals surface area contributed by atoms with Crippen molar-refractivity contribution in [1.82, 2.24) is 5.32 Å². The summed E-state index contributed by atoms with van der Waals surface area (Å²) in [5.74, 6) is 0. The van der Waals surface area contributed by atoms with Crippen LogP contribution in [0.5, 0.6) is 0 Å². The Morgan fingerprint density at radius 3 is 2.64 bits per heavy atom. The van der Waals surface area contributed by atoms with Gasteiger partial charge in [-0.25, -0.2) is 0 Å². The van der Waals surface area contributed by atoms with E-state index in [9.17, 15) is 0 Å². The summed E-state index contributed by atoms with van der Waals surface area (Å²) in [4.78, 5) is 0. The van der Waals surface area contributed by atoms with Crippen LogP contribution < -0.4 is 5.32 Å². The van der Waals surface area contributed by atoms with Crippen LogP contribution in [-0.2, 0) is 4.74 Å². The van der Waals surface area contributed by atoms with Crippen LogP contribution in [0.1, 0.15) is 38.5 Å². The van der Waals surface area contributed by atoms with Crippen LogP contribution in [0.15, 0.2) is 0 Å². The van der Waals surface area contributed by atoms with Gasteiger partial charge in [-0.3, -0.25) is 0 Å². The van der Waals surface area contributed by atoms with E-state index in [1.807, 2.05) is 0 Å². The number of hydrogen-bond donors (Lipinski definition) is 2. The standard InChI is InChI=1S/C11H23NO2/c13-9-4-7-12-8-10-14-11-5-2-1-3-6-11/h11-13H,1-10H2. The zero-order valence-electron chi connectivity index (χ0n) is 9.00. The van der Waals surface area contributed by atoms with Crippen molar-refractivity contribution in [1.29, 1.82) is 0 Å². The maximum absolute atomic E-state index is 8.56. The van der Waals surface area contributed by atoms with Crippen molar-refractivity contribution in [2.24, 2.45) is 0 Å². The second-order valence-corrected chi connectivity index (χ2v) is 3.96. The third kappa shape index (κ3) is 5.58. The molecule has 0 spiro atoms. The van der Waals surface area contributed by atoms with Gasteiger partial charge < -0.3 is 15.2 Å². The molecule has 84 valence electrons. The fourth-order valence-corrected chi connectivity index (χ4v) is 1.86. The molecular weight excluding hydrogens is 178 g/mol. The first kappa shape index (κ1) is 12.0. The SMILES string of the molecule is OCCCNCCOC1CCCCC1.